The van der Waals surface area contributed by atoms with Crippen LogP contribution in [0.3, 0.4) is 0 Å². The predicted octanol–water partition coefficient (Wildman–Crippen LogP) is 3.00. The number of aliphatic hydroxyl groups is 1. The number of rotatable bonds is 3. The fourth-order valence-corrected chi connectivity index (χ4v) is 4.42. The molecule has 1 fully saturated rings. The van der Waals surface area contributed by atoms with E-state index in [1.165, 1.54) is 19.4 Å². The monoisotopic (exact) mass is 338 g/mol. The Morgan fingerprint density at radius 2 is 1.71 bits per heavy atom. The van der Waals surface area contributed by atoms with Gasteiger partial charge in [-0.05, 0) is 25.7 Å². The third-order valence-corrected chi connectivity index (χ3v) is 5.92. The van der Waals surface area contributed by atoms with E-state index in [9.17, 15) is 14.7 Å². The Morgan fingerprint density at radius 3 is 2.21 bits per heavy atom. The Hall–Kier alpha value is -1.36. The van der Waals surface area contributed by atoms with E-state index in [1.54, 1.807) is 6.92 Å². The van der Waals surface area contributed by atoms with Crippen LogP contribution >= 0.6 is 0 Å². The summed E-state index contributed by atoms with van der Waals surface area (Å²) >= 11 is 0. The van der Waals surface area contributed by atoms with Crippen molar-refractivity contribution in [2.24, 2.45) is 17.3 Å². The summed E-state index contributed by atoms with van der Waals surface area (Å²) in [7, 11) is 0. The van der Waals surface area contributed by atoms with Crippen molar-refractivity contribution in [2.75, 3.05) is 0 Å². The van der Waals surface area contributed by atoms with E-state index in [4.69, 9.17) is 9.47 Å². The lowest BCUT2D eigenvalue weighted by Gasteiger charge is -2.57. The van der Waals surface area contributed by atoms with E-state index in [1.807, 2.05) is 0 Å². The zero-order valence-corrected chi connectivity index (χ0v) is 15.6. The molecule has 0 saturated heterocycles. The van der Waals surface area contributed by atoms with E-state index in [2.05, 4.69) is 26.8 Å². The molecular weight excluding hydrogens is 308 g/mol. The zero-order valence-electron chi connectivity index (χ0n) is 15.6. The van der Waals surface area contributed by atoms with Crippen molar-refractivity contribution in [3.8, 4) is 0 Å². The Bertz CT molecular complexity index is 548. The van der Waals surface area contributed by atoms with Gasteiger partial charge < -0.3 is 14.6 Å². The van der Waals surface area contributed by atoms with Crippen molar-refractivity contribution in [1.29, 1.82) is 0 Å². The van der Waals surface area contributed by atoms with Crippen LogP contribution < -0.4 is 0 Å². The van der Waals surface area contributed by atoms with Crippen LogP contribution in [0.25, 0.3) is 0 Å². The van der Waals surface area contributed by atoms with Gasteiger partial charge in [0, 0.05) is 31.6 Å². The maximum Gasteiger partial charge on any atom is 0.303 e. The van der Waals surface area contributed by atoms with Gasteiger partial charge in [0.2, 0.25) is 0 Å². The summed E-state index contributed by atoms with van der Waals surface area (Å²) in [6.45, 7) is 10.8. The van der Waals surface area contributed by atoms with Crippen LogP contribution in [0.2, 0.25) is 0 Å². The molecule has 5 nitrogen and oxygen atoms in total. The Kier molecular flexibility index (Phi) is 5.14. The van der Waals surface area contributed by atoms with E-state index < -0.39 is 17.7 Å². The van der Waals surface area contributed by atoms with Crippen LogP contribution in [0.15, 0.2) is 11.6 Å². The van der Waals surface area contributed by atoms with Crippen LogP contribution in [-0.2, 0) is 19.1 Å². The van der Waals surface area contributed by atoms with E-state index >= 15 is 0 Å². The van der Waals surface area contributed by atoms with Gasteiger partial charge in [-0.1, -0.05) is 32.4 Å². The number of ether oxygens (including phenoxy) is 2. The van der Waals surface area contributed by atoms with Gasteiger partial charge in [-0.15, -0.1) is 0 Å². The molecule has 0 aliphatic heterocycles. The van der Waals surface area contributed by atoms with Crippen molar-refractivity contribution >= 4 is 11.9 Å². The Labute approximate surface area is 144 Å². The van der Waals surface area contributed by atoms with Gasteiger partial charge in [0.15, 0.2) is 0 Å². The maximum atomic E-state index is 11.6. The van der Waals surface area contributed by atoms with Gasteiger partial charge in [-0.25, -0.2) is 0 Å². The second-order valence-electron chi connectivity index (χ2n) is 8.06. The quantitative estimate of drug-likeness (QED) is 0.632. The van der Waals surface area contributed by atoms with Gasteiger partial charge in [0.25, 0.3) is 0 Å². The molecule has 0 bridgehead atoms. The van der Waals surface area contributed by atoms with Gasteiger partial charge >= 0.3 is 11.9 Å². The second kappa shape index (κ2) is 6.51. The fourth-order valence-electron chi connectivity index (χ4n) is 4.42. The summed E-state index contributed by atoms with van der Waals surface area (Å²) < 4.78 is 11.0. The number of allylic oxidation sites excluding steroid dienone is 2. The molecular formula is C19H30O5. The second-order valence-corrected chi connectivity index (χ2v) is 8.06. The molecule has 0 aromatic heterocycles. The molecule has 2 aliphatic rings. The van der Waals surface area contributed by atoms with Crippen molar-refractivity contribution in [3.63, 3.8) is 0 Å². The van der Waals surface area contributed by atoms with Crippen LogP contribution in [0, 0.1) is 17.3 Å². The van der Waals surface area contributed by atoms with Crippen LogP contribution in [0.1, 0.15) is 60.8 Å². The first-order valence-corrected chi connectivity index (χ1v) is 8.74. The largest absolute Gasteiger partial charge is 0.462 e. The zero-order chi connectivity index (χ0) is 18.3. The van der Waals surface area contributed by atoms with E-state index in [-0.39, 0.29) is 23.4 Å². The molecule has 0 heterocycles. The van der Waals surface area contributed by atoms with Crippen LogP contribution in [0.4, 0.5) is 0 Å². The normalized spacial score (nSPS) is 39.0. The standard InChI is InChI=1S/C19H30O5/c1-11(2)14-7-8-18(5)15(9-14)19(6,22)17(24-13(4)21)10-16(18)23-12(3)20/h7,11,15-17,22H,8-10H2,1-6H3/t15-,16-,17+,18-,19-/m1/s1. The average Bonchev–Trinajstić information content (AvgIpc) is 2.43. The molecule has 0 radical (unpaired) electrons. The summed E-state index contributed by atoms with van der Waals surface area (Å²) in [5, 5.41) is 11.3. The minimum absolute atomic E-state index is 0.144. The van der Waals surface area contributed by atoms with Gasteiger partial charge in [-0.3, -0.25) is 9.59 Å². The van der Waals surface area contributed by atoms with Crippen molar-refractivity contribution in [3.05, 3.63) is 11.6 Å². The smallest absolute Gasteiger partial charge is 0.303 e. The number of hydrogen-bond acceptors (Lipinski definition) is 5. The molecule has 1 N–H and O–H groups in total. The number of fused-ring (bicyclic) bond motifs is 1. The first kappa shape index (κ1) is 19.0. The fraction of sp³-hybridized carbons (Fsp3) is 0.789. The lowest BCUT2D eigenvalue weighted by molar-refractivity contribution is -0.228. The predicted molar refractivity (Wildman–Crippen MR) is 90.1 cm³/mol. The summed E-state index contributed by atoms with van der Waals surface area (Å²) in [6.07, 6.45) is 2.95. The minimum Gasteiger partial charge on any atom is -0.462 e. The summed E-state index contributed by atoms with van der Waals surface area (Å²) in [5.74, 6) is -0.524. The molecule has 2 aliphatic carbocycles. The Morgan fingerprint density at radius 1 is 1.17 bits per heavy atom. The van der Waals surface area contributed by atoms with E-state index in [0.717, 1.165) is 12.8 Å². The third kappa shape index (κ3) is 3.37. The van der Waals surface area contributed by atoms with Crippen molar-refractivity contribution < 1.29 is 24.2 Å². The highest BCUT2D eigenvalue weighted by atomic mass is 16.6. The van der Waals surface area contributed by atoms with Gasteiger partial charge in [0.05, 0.1) is 0 Å². The van der Waals surface area contributed by atoms with E-state index in [0.29, 0.717) is 12.3 Å². The summed E-state index contributed by atoms with van der Waals surface area (Å²) in [6, 6.07) is 0. The third-order valence-electron chi connectivity index (χ3n) is 5.92. The minimum atomic E-state index is -1.16. The molecule has 5 heteroatoms. The van der Waals surface area contributed by atoms with Crippen LogP contribution in [-0.4, -0.2) is 34.9 Å². The number of esters is 2. The lowest BCUT2D eigenvalue weighted by atomic mass is 9.53. The molecule has 0 unspecified atom stereocenters. The molecule has 1 saturated carbocycles. The molecule has 24 heavy (non-hydrogen) atoms. The molecule has 0 amide bonds. The first-order chi connectivity index (χ1) is 11.0. The highest BCUT2D eigenvalue weighted by Crippen LogP contribution is 2.56. The van der Waals surface area contributed by atoms with Gasteiger partial charge in [0.1, 0.15) is 17.8 Å². The topological polar surface area (TPSA) is 72.8 Å². The molecule has 2 rings (SSSR count). The van der Waals surface area contributed by atoms with Gasteiger partial charge in [-0.2, -0.15) is 0 Å². The molecule has 0 spiro atoms. The highest BCUT2D eigenvalue weighted by molar-refractivity contribution is 5.67. The maximum absolute atomic E-state index is 11.6. The van der Waals surface area contributed by atoms with Crippen molar-refractivity contribution in [2.45, 2.75) is 78.6 Å². The average molecular weight is 338 g/mol. The summed E-state index contributed by atoms with van der Waals surface area (Å²) in [5.41, 5.74) is -0.238. The van der Waals surface area contributed by atoms with Crippen molar-refractivity contribution in [1.82, 2.24) is 0 Å². The number of carbonyl (C=O) groups excluding carboxylic acids is 2. The molecule has 0 aromatic rings. The Balaban J connectivity index is 2.43. The molecule has 0 aromatic carbocycles. The number of carbonyl (C=O) groups is 2. The highest BCUT2D eigenvalue weighted by Gasteiger charge is 2.60. The molecule has 136 valence electrons. The molecule has 5 atom stereocenters. The number of hydrogen-bond donors (Lipinski definition) is 1. The SMILES string of the molecule is CC(=O)O[C@H]1C[C@@H](OC(C)=O)[C@]2(C)CC=C(C(C)C)C[C@H]2[C@@]1(C)O. The lowest BCUT2D eigenvalue weighted by Crippen LogP contribution is -2.64. The summed E-state index contributed by atoms with van der Waals surface area (Å²) in [4.78, 5) is 23.1. The van der Waals surface area contributed by atoms with Crippen LogP contribution in [0.5, 0.6) is 0 Å². The first-order valence-electron chi connectivity index (χ1n) is 8.74.